The molecule has 8 heteroatoms. The van der Waals surface area contributed by atoms with E-state index in [9.17, 15) is 14.7 Å². The summed E-state index contributed by atoms with van der Waals surface area (Å²) >= 11 is 6.28. The Morgan fingerprint density at radius 2 is 2.08 bits per heavy atom. The number of thioether (sulfide) groups is 1. The Hall–Kier alpha value is -2.06. The summed E-state index contributed by atoms with van der Waals surface area (Å²) in [4.78, 5) is 25.5. The maximum Gasteiger partial charge on any atom is 0.266 e. The summed E-state index contributed by atoms with van der Waals surface area (Å²) in [6.07, 6.45) is 1.66. The number of benzene rings is 1. The van der Waals surface area contributed by atoms with Crippen LogP contribution in [0.15, 0.2) is 23.1 Å². The van der Waals surface area contributed by atoms with E-state index in [1.165, 1.54) is 0 Å². The lowest BCUT2D eigenvalue weighted by molar-refractivity contribution is -0.311. The SMILES string of the molecule is CC(C)C(C(=O)[O-])N1C(=O)C(=Cc2ccc3c(c2)OCO3)SC1=S. The van der Waals surface area contributed by atoms with Crippen molar-refractivity contribution in [1.82, 2.24) is 4.90 Å². The van der Waals surface area contributed by atoms with Crippen LogP contribution in [0.1, 0.15) is 19.4 Å². The number of thiocarbonyl (C=S) groups is 1. The predicted octanol–water partition coefficient (Wildman–Crippen LogP) is 1.39. The number of hydrogen-bond donors (Lipinski definition) is 0. The number of hydrogen-bond acceptors (Lipinski definition) is 7. The van der Waals surface area contributed by atoms with Gasteiger partial charge in [0.1, 0.15) is 4.32 Å². The molecule has 0 aromatic heterocycles. The molecule has 1 unspecified atom stereocenters. The summed E-state index contributed by atoms with van der Waals surface area (Å²) in [5.74, 6) is -0.802. The average molecular weight is 364 g/mol. The standard InChI is InChI=1S/C16H15NO5S2/c1-8(2)13(15(19)20)17-14(18)12(24-16(17)23)6-9-3-4-10-11(5-9)22-7-21-10/h3-6,8,13H,7H2,1-2H3,(H,19,20)/p-1. The van der Waals surface area contributed by atoms with Crippen molar-refractivity contribution in [2.45, 2.75) is 19.9 Å². The van der Waals surface area contributed by atoms with Gasteiger partial charge in [0.2, 0.25) is 6.79 Å². The molecule has 3 rings (SSSR count). The molecule has 0 saturated carbocycles. The second-order valence-corrected chi connectivity index (χ2v) is 7.35. The number of aliphatic carboxylic acids is 1. The first kappa shape index (κ1) is 16.8. The quantitative estimate of drug-likeness (QED) is 0.590. The Bertz CT molecular complexity index is 759. The van der Waals surface area contributed by atoms with Gasteiger partial charge in [-0.2, -0.15) is 0 Å². The molecule has 1 fully saturated rings. The Kier molecular flexibility index (Phi) is 4.51. The molecule has 0 spiro atoms. The van der Waals surface area contributed by atoms with E-state index in [0.717, 1.165) is 22.2 Å². The zero-order valence-corrected chi connectivity index (χ0v) is 14.6. The van der Waals surface area contributed by atoms with Crippen LogP contribution in [0.25, 0.3) is 6.08 Å². The second-order valence-electron chi connectivity index (χ2n) is 5.67. The smallest absolute Gasteiger partial charge is 0.266 e. The summed E-state index contributed by atoms with van der Waals surface area (Å²) in [6.45, 7) is 3.59. The normalized spacial score (nSPS) is 19.5. The third kappa shape index (κ3) is 2.99. The van der Waals surface area contributed by atoms with Gasteiger partial charge < -0.3 is 19.4 Å². The van der Waals surface area contributed by atoms with Crippen LogP contribution in [0.3, 0.4) is 0 Å². The van der Waals surface area contributed by atoms with E-state index in [4.69, 9.17) is 21.7 Å². The molecule has 2 heterocycles. The number of nitrogens with zero attached hydrogens (tertiary/aromatic N) is 1. The van der Waals surface area contributed by atoms with Gasteiger partial charge in [-0.25, -0.2) is 0 Å². The van der Waals surface area contributed by atoms with Gasteiger partial charge in [-0.05, 0) is 29.7 Å². The van der Waals surface area contributed by atoms with Crippen molar-refractivity contribution in [2.75, 3.05) is 6.79 Å². The van der Waals surface area contributed by atoms with Gasteiger partial charge in [-0.1, -0.05) is 43.9 Å². The Morgan fingerprint density at radius 1 is 1.38 bits per heavy atom. The zero-order valence-electron chi connectivity index (χ0n) is 13.0. The predicted molar refractivity (Wildman–Crippen MR) is 91.2 cm³/mol. The van der Waals surface area contributed by atoms with Crippen LogP contribution in [0, 0.1) is 5.92 Å². The fraction of sp³-hybridized carbons (Fsp3) is 0.312. The van der Waals surface area contributed by atoms with E-state index in [1.807, 2.05) is 0 Å². The van der Waals surface area contributed by atoms with Crippen molar-refractivity contribution in [1.29, 1.82) is 0 Å². The Labute approximate surface area is 148 Å². The highest BCUT2D eigenvalue weighted by molar-refractivity contribution is 8.26. The molecule has 0 bridgehead atoms. The molecule has 0 radical (unpaired) electrons. The van der Waals surface area contributed by atoms with Crippen LogP contribution in [-0.2, 0) is 9.59 Å². The first-order chi connectivity index (χ1) is 11.4. The molecule has 1 amide bonds. The number of amides is 1. The molecular weight excluding hydrogens is 350 g/mol. The third-order valence-electron chi connectivity index (χ3n) is 3.67. The molecule has 1 aromatic rings. The molecule has 1 saturated heterocycles. The average Bonchev–Trinajstić information content (AvgIpc) is 3.06. The number of ether oxygens (including phenoxy) is 2. The van der Waals surface area contributed by atoms with Crippen LogP contribution in [0.5, 0.6) is 11.5 Å². The zero-order chi connectivity index (χ0) is 17.4. The molecule has 24 heavy (non-hydrogen) atoms. The van der Waals surface area contributed by atoms with Crippen LogP contribution in [0.2, 0.25) is 0 Å². The summed E-state index contributed by atoms with van der Waals surface area (Å²) in [5.41, 5.74) is 0.745. The van der Waals surface area contributed by atoms with E-state index in [2.05, 4.69) is 0 Å². The van der Waals surface area contributed by atoms with Crippen molar-refractivity contribution >= 4 is 46.3 Å². The lowest BCUT2D eigenvalue weighted by atomic mass is 10.0. The lowest BCUT2D eigenvalue weighted by Crippen LogP contribution is -2.52. The summed E-state index contributed by atoms with van der Waals surface area (Å²) in [5, 5.41) is 11.4. The number of fused-ring (bicyclic) bond motifs is 1. The number of carboxylic acids is 1. The lowest BCUT2D eigenvalue weighted by Gasteiger charge is -2.30. The molecule has 6 nitrogen and oxygen atoms in total. The maximum absolute atomic E-state index is 12.6. The van der Waals surface area contributed by atoms with Crippen LogP contribution < -0.4 is 14.6 Å². The van der Waals surface area contributed by atoms with E-state index < -0.39 is 17.9 Å². The van der Waals surface area contributed by atoms with Crippen molar-refractivity contribution < 1.29 is 24.2 Å². The summed E-state index contributed by atoms with van der Waals surface area (Å²) in [7, 11) is 0. The molecule has 0 N–H and O–H groups in total. The van der Waals surface area contributed by atoms with Gasteiger partial charge in [0.25, 0.3) is 5.91 Å². The molecule has 1 aromatic carbocycles. The Balaban J connectivity index is 1.89. The summed E-state index contributed by atoms with van der Waals surface area (Å²) in [6, 6.07) is 4.22. The number of carbonyl (C=O) groups excluding carboxylic acids is 2. The molecular formula is C16H14NO5S2-. The van der Waals surface area contributed by atoms with E-state index in [1.54, 1.807) is 38.1 Å². The fourth-order valence-electron chi connectivity index (χ4n) is 2.55. The van der Waals surface area contributed by atoms with Crippen molar-refractivity contribution in [3.63, 3.8) is 0 Å². The highest BCUT2D eigenvalue weighted by atomic mass is 32.2. The van der Waals surface area contributed by atoms with E-state index in [0.29, 0.717) is 16.4 Å². The monoisotopic (exact) mass is 364 g/mol. The van der Waals surface area contributed by atoms with Crippen LogP contribution in [-0.4, -0.2) is 33.9 Å². The first-order valence-electron chi connectivity index (χ1n) is 7.26. The van der Waals surface area contributed by atoms with Crippen LogP contribution >= 0.6 is 24.0 Å². The molecule has 0 aliphatic carbocycles. The van der Waals surface area contributed by atoms with E-state index in [-0.39, 0.29) is 17.0 Å². The summed E-state index contributed by atoms with van der Waals surface area (Å²) < 4.78 is 10.8. The topological polar surface area (TPSA) is 78.9 Å². The number of rotatable bonds is 4. The Morgan fingerprint density at radius 3 is 2.75 bits per heavy atom. The minimum absolute atomic E-state index is 0.169. The van der Waals surface area contributed by atoms with Gasteiger partial charge in [-0.15, -0.1) is 0 Å². The minimum Gasteiger partial charge on any atom is -0.548 e. The number of carboxylic acid groups (broad SMARTS) is 1. The van der Waals surface area contributed by atoms with Gasteiger partial charge in [-0.3, -0.25) is 9.69 Å². The fourth-order valence-corrected chi connectivity index (χ4v) is 3.88. The minimum atomic E-state index is -1.31. The van der Waals surface area contributed by atoms with Crippen molar-refractivity contribution in [3.8, 4) is 11.5 Å². The van der Waals surface area contributed by atoms with E-state index >= 15 is 0 Å². The third-order valence-corrected chi connectivity index (χ3v) is 5.00. The van der Waals surface area contributed by atoms with Crippen molar-refractivity contribution in [3.05, 3.63) is 28.7 Å². The highest BCUT2D eigenvalue weighted by Gasteiger charge is 2.39. The molecule has 2 aliphatic rings. The van der Waals surface area contributed by atoms with Gasteiger partial charge >= 0.3 is 0 Å². The first-order valence-corrected chi connectivity index (χ1v) is 8.48. The number of carbonyl (C=O) groups is 2. The largest absolute Gasteiger partial charge is 0.548 e. The molecule has 126 valence electrons. The second kappa shape index (κ2) is 6.45. The maximum atomic E-state index is 12.6. The highest BCUT2D eigenvalue weighted by Crippen LogP contribution is 2.37. The van der Waals surface area contributed by atoms with Gasteiger partial charge in [0, 0.05) is 0 Å². The molecule has 1 atom stereocenters. The van der Waals surface area contributed by atoms with Crippen molar-refractivity contribution in [2.24, 2.45) is 5.92 Å². The van der Waals surface area contributed by atoms with Gasteiger partial charge in [0.05, 0.1) is 16.9 Å². The van der Waals surface area contributed by atoms with Gasteiger partial charge in [0.15, 0.2) is 11.5 Å². The molecule has 2 aliphatic heterocycles. The van der Waals surface area contributed by atoms with Crippen LogP contribution in [0.4, 0.5) is 0 Å².